The van der Waals surface area contributed by atoms with Crippen molar-refractivity contribution in [2.75, 3.05) is 7.11 Å². The highest BCUT2D eigenvalue weighted by Crippen LogP contribution is 2.35. The Balaban J connectivity index is 2.34. The second-order valence-corrected chi connectivity index (χ2v) is 5.19. The lowest BCUT2D eigenvalue weighted by atomic mass is 9.98. The van der Waals surface area contributed by atoms with Crippen molar-refractivity contribution in [2.45, 2.75) is 43.9 Å². The molecule has 0 aromatic heterocycles. The first-order chi connectivity index (χ1) is 9.93. The summed E-state index contributed by atoms with van der Waals surface area (Å²) in [5, 5.41) is 3.02. The molecule has 2 rings (SSSR count). The summed E-state index contributed by atoms with van der Waals surface area (Å²) < 4.78 is 44.0. The summed E-state index contributed by atoms with van der Waals surface area (Å²) >= 11 is 0. The van der Waals surface area contributed by atoms with Crippen molar-refractivity contribution in [1.82, 2.24) is 5.32 Å². The molecular formula is C15H18F3NO2. The van der Waals surface area contributed by atoms with Crippen LogP contribution in [-0.2, 0) is 15.7 Å². The maximum atomic E-state index is 13.1. The van der Waals surface area contributed by atoms with E-state index < -0.39 is 23.8 Å². The first-order valence-corrected chi connectivity index (χ1v) is 6.93. The van der Waals surface area contributed by atoms with Crippen LogP contribution < -0.4 is 5.32 Å². The normalized spacial score (nSPS) is 17.7. The fourth-order valence-electron chi connectivity index (χ4n) is 2.74. The van der Waals surface area contributed by atoms with Crippen molar-refractivity contribution in [3.8, 4) is 0 Å². The van der Waals surface area contributed by atoms with Gasteiger partial charge in [-0.05, 0) is 24.5 Å². The zero-order chi connectivity index (χ0) is 15.5. The molecule has 1 aliphatic carbocycles. The number of alkyl halides is 3. The number of nitrogens with one attached hydrogen (secondary N) is 1. The van der Waals surface area contributed by atoms with Crippen LogP contribution in [0.15, 0.2) is 24.3 Å². The summed E-state index contributed by atoms with van der Waals surface area (Å²) in [6.45, 7) is 0. The molecule has 0 amide bonds. The summed E-state index contributed by atoms with van der Waals surface area (Å²) in [5.41, 5.74) is -0.880. The molecular weight excluding hydrogens is 283 g/mol. The highest BCUT2D eigenvalue weighted by atomic mass is 19.4. The monoisotopic (exact) mass is 301 g/mol. The molecule has 1 atom stereocenters. The first kappa shape index (κ1) is 15.8. The highest BCUT2D eigenvalue weighted by molar-refractivity contribution is 5.78. The van der Waals surface area contributed by atoms with Gasteiger partial charge in [-0.3, -0.25) is 5.32 Å². The second kappa shape index (κ2) is 6.47. The molecule has 0 bridgehead atoms. The minimum atomic E-state index is -4.50. The van der Waals surface area contributed by atoms with Crippen LogP contribution in [0, 0.1) is 0 Å². The van der Waals surface area contributed by atoms with Crippen LogP contribution in [0.1, 0.15) is 42.9 Å². The number of carbonyl (C=O) groups is 1. The molecule has 0 heterocycles. The summed E-state index contributed by atoms with van der Waals surface area (Å²) in [4.78, 5) is 11.9. The SMILES string of the molecule is COC(=O)C(NC1CCCC1)c1ccccc1C(F)(F)F. The van der Waals surface area contributed by atoms with Gasteiger partial charge in [0.1, 0.15) is 6.04 Å². The number of ether oxygens (including phenoxy) is 1. The Kier molecular flexibility index (Phi) is 4.88. The van der Waals surface area contributed by atoms with Gasteiger partial charge in [-0.25, -0.2) is 4.79 Å². The Bertz CT molecular complexity index is 496. The van der Waals surface area contributed by atoms with Crippen LogP contribution in [0.5, 0.6) is 0 Å². The molecule has 1 saturated carbocycles. The molecule has 116 valence electrons. The van der Waals surface area contributed by atoms with Crippen molar-refractivity contribution >= 4 is 5.97 Å². The van der Waals surface area contributed by atoms with E-state index in [2.05, 4.69) is 10.1 Å². The third-order valence-corrected chi connectivity index (χ3v) is 3.77. The summed E-state index contributed by atoms with van der Waals surface area (Å²) in [5.74, 6) is -0.696. The van der Waals surface area contributed by atoms with E-state index in [1.54, 1.807) is 0 Å². The summed E-state index contributed by atoms with van der Waals surface area (Å²) in [6.07, 6.45) is -0.734. The third-order valence-electron chi connectivity index (χ3n) is 3.77. The molecule has 1 aromatic rings. The molecule has 1 aromatic carbocycles. The average Bonchev–Trinajstić information content (AvgIpc) is 2.96. The summed E-state index contributed by atoms with van der Waals surface area (Å²) in [7, 11) is 1.18. The predicted molar refractivity (Wildman–Crippen MR) is 71.6 cm³/mol. The van der Waals surface area contributed by atoms with E-state index >= 15 is 0 Å². The highest BCUT2D eigenvalue weighted by Gasteiger charge is 2.37. The number of rotatable bonds is 4. The van der Waals surface area contributed by atoms with Crippen LogP contribution in [0.4, 0.5) is 13.2 Å². The number of benzene rings is 1. The van der Waals surface area contributed by atoms with Crippen molar-refractivity contribution in [2.24, 2.45) is 0 Å². The Morgan fingerprint density at radius 3 is 2.48 bits per heavy atom. The van der Waals surface area contributed by atoms with Gasteiger partial charge in [-0.2, -0.15) is 13.2 Å². The minimum Gasteiger partial charge on any atom is -0.468 e. The van der Waals surface area contributed by atoms with E-state index in [9.17, 15) is 18.0 Å². The van der Waals surface area contributed by atoms with E-state index in [1.165, 1.54) is 25.3 Å². The standard InChI is InChI=1S/C15H18F3NO2/c1-21-14(20)13(19-10-6-2-3-7-10)11-8-4-5-9-12(11)15(16,17)18/h4-5,8-10,13,19H,2-3,6-7H2,1H3. The Hall–Kier alpha value is -1.56. The third kappa shape index (κ3) is 3.75. The Morgan fingerprint density at radius 2 is 1.90 bits per heavy atom. The zero-order valence-electron chi connectivity index (χ0n) is 11.7. The van der Waals surface area contributed by atoms with Gasteiger partial charge in [-0.15, -0.1) is 0 Å². The number of esters is 1. The van der Waals surface area contributed by atoms with Crippen LogP contribution in [0.2, 0.25) is 0 Å². The van der Waals surface area contributed by atoms with Gasteiger partial charge >= 0.3 is 12.1 Å². The topological polar surface area (TPSA) is 38.3 Å². The molecule has 0 radical (unpaired) electrons. The fourth-order valence-corrected chi connectivity index (χ4v) is 2.74. The first-order valence-electron chi connectivity index (χ1n) is 6.93. The number of methoxy groups -OCH3 is 1. The predicted octanol–water partition coefficient (Wildman–Crippen LogP) is 3.45. The van der Waals surface area contributed by atoms with Crippen molar-refractivity contribution in [3.05, 3.63) is 35.4 Å². The van der Waals surface area contributed by atoms with E-state index in [4.69, 9.17) is 0 Å². The van der Waals surface area contributed by atoms with Gasteiger partial charge in [0.05, 0.1) is 12.7 Å². The van der Waals surface area contributed by atoms with Crippen molar-refractivity contribution in [3.63, 3.8) is 0 Å². The Labute approximate surface area is 121 Å². The number of halogens is 3. The lowest BCUT2D eigenvalue weighted by Crippen LogP contribution is -2.37. The number of hydrogen-bond donors (Lipinski definition) is 1. The van der Waals surface area contributed by atoms with E-state index in [1.807, 2.05) is 0 Å². The molecule has 1 aliphatic rings. The van der Waals surface area contributed by atoms with E-state index in [-0.39, 0.29) is 11.6 Å². The van der Waals surface area contributed by atoms with Crippen LogP contribution in [0.3, 0.4) is 0 Å². The molecule has 0 saturated heterocycles. The van der Waals surface area contributed by atoms with Gasteiger partial charge in [0.25, 0.3) is 0 Å². The van der Waals surface area contributed by atoms with E-state index in [0.29, 0.717) is 0 Å². The van der Waals surface area contributed by atoms with Gasteiger partial charge in [0.15, 0.2) is 0 Å². The largest absolute Gasteiger partial charge is 0.468 e. The maximum absolute atomic E-state index is 13.1. The fraction of sp³-hybridized carbons (Fsp3) is 0.533. The van der Waals surface area contributed by atoms with Crippen molar-refractivity contribution in [1.29, 1.82) is 0 Å². The van der Waals surface area contributed by atoms with Crippen LogP contribution in [0.25, 0.3) is 0 Å². The second-order valence-electron chi connectivity index (χ2n) is 5.19. The van der Waals surface area contributed by atoms with Gasteiger partial charge in [0.2, 0.25) is 0 Å². The minimum absolute atomic E-state index is 0.0513. The van der Waals surface area contributed by atoms with E-state index in [0.717, 1.165) is 31.7 Å². The summed E-state index contributed by atoms with van der Waals surface area (Å²) in [6, 6.07) is 4.09. The maximum Gasteiger partial charge on any atom is 0.416 e. The van der Waals surface area contributed by atoms with Gasteiger partial charge < -0.3 is 4.74 Å². The van der Waals surface area contributed by atoms with Crippen molar-refractivity contribution < 1.29 is 22.7 Å². The van der Waals surface area contributed by atoms with Crippen LogP contribution >= 0.6 is 0 Å². The molecule has 3 nitrogen and oxygen atoms in total. The molecule has 0 spiro atoms. The zero-order valence-corrected chi connectivity index (χ0v) is 11.7. The lowest BCUT2D eigenvalue weighted by molar-refractivity contribution is -0.145. The molecule has 1 fully saturated rings. The molecule has 6 heteroatoms. The molecule has 1 unspecified atom stereocenters. The number of hydrogen-bond acceptors (Lipinski definition) is 3. The molecule has 21 heavy (non-hydrogen) atoms. The number of carbonyl (C=O) groups excluding carboxylic acids is 1. The molecule has 1 N–H and O–H groups in total. The molecule has 0 aliphatic heterocycles. The quantitative estimate of drug-likeness (QED) is 0.866. The lowest BCUT2D eigenvalue weighted by Gasteiger charge is -2.24. The van der Waals surface area contributed by atoms with Gasteiger partial charge in [0, 0.05) is 6.04 Å². The smallest absolute Gasteiger partial charge is 0.416 e. The van der Waals surface area contributed by atoms with Crippen LogP contribution in [-0.4, -0.2) is 19.1 Å². The van der Waals surface area contributed by atoms with Gasteiger partial charge in [-0.1, -0.05) is 31.0 Å². The average molecular weight is 301 g/mol. The Morgan fingerprint density at radius 1 is 1.29 bits per heavy atom.